The number of benzene rings is 2. The van der Waals surface area contributed by atoms with Gasteiger partial charge in [0.15, 0.2) is 0 Å². The molecule has 9 heteroatoms. The summed E-state index contributed by atoms with van der Waals surface area (Å²) in [5, 5.41) is -3.72. The molecule has 0 saturated carbocycles. The lowest BCUT2D eigenvalue weighted by atomic mass is 10.1. The van der Waals surface area contributed by atoms with Crippen molar-refractivity contribution in [3.63, 3.8) is 0 Å². The molecule has 1 atom stereocenters. The third kappa shape index (κ3) is 3.06. The highest BCUT2D eigenvalue weighted by Crippen LogP contribution is 2.39. The Bertz CT molecular complexity index is 788. The molecule has 2 rings (SSSR count). The summed E-state index contributed by atoms with van der Waals surface area (Å²) in [5.41, 5.74) is 0.119. The number of ether oxygens (including phenoxy) is 1. The zero-order valence-corrected chi connectivity index (χ0v) is 11.7. The van der Waals surface area contributed by atoms with Crippen molar-refractivity contribution in [3.8, 4) is 0 Å². The maximum absolute atomic E-state index is 13.6. The van der Waals surface area contributed by atoms with Crippen LogP contribution in [0.4, 0.5) is 17.6 Å². The quantitative estimate of drug-likeness (QED) is 0.685. The molecular weight excluding hydrogens is 328 g/mol. The van der Waals surface area contributed by atoms with Crippen molar-refractivity contribution in [2.45, 2.75) is 18.0 Å². The van der Waals surface area contributed by atoms with E-state index in [1.54, 1.807) is 30.3 Å². The minimum atomic E-state index is -6.15. The number of alkyl halides is 4. The molecular formula is C13H10F4O4S. The second kappa shape index (κ2) is 5.49. The second-order valence-electron chi connectivity index (χ2n) is 4.48. The standard InChI is InChI=1S/C13H10F4O4S/c14-12(15,16)13(17,22(18,19)20)21-8-9-5-6-10-3-1-2-4-11(10)7-9/h1-7H,8H2,(H,18,19,20). The highest BCUT2D eigenvalue weighted by atomic mass is 32.2. The summed E-state index contributed by atoms with van der Waals surface area (Å²) < 4.78 is 84.8. The number of halogens is 4. The van der Waals surface area contributed by atoms with Gasteiger partial charge in [0.25, 0.3) is 0 Å². The fourth-order valence-electron chi connectivity index (χ4n) is 1.81. The third-order valence-corrected chi connectivity index (χ3v) is 3.92. The van der Waals surface area contributed by atoms with E-state index in [0.717, 1.165) is 5.39 Å². The van der Waals surface area contributed by atoms with Gasteiger partial charge < -0.3 is 4.74 Å². The Labute approximate surface area is 123 Å². The molecule has 22 heavy (non-hydrogen) atoms. The molecule has 0 aromatic heterocycles. The zero-order chi connectivity index (χ0) is 16.6. The zero-order valence-electron chi connectivity index (χ0n) is 10.8. The van der Waals surface area contributed by atoms with Crippen LogP contribution in [0.1, 0.15) is 5.56 Å². The highest BCUT2D eigenvalue weighted by molar-refractivity contribution is 7.87. The van der Waals surface area contributed by atoms with Crippen LogP contribution in [0.5, 0.6) is 0 Å². The van der Waals surface area contributed by atoms with E-state index in [0.29, 0.717) is 5.39 Å². The molecule has 2 aromatic carbocycles. The highest BCUT2D eigenvalue weighted by Gasteiger charge is 2.67. The Balaban J connectivity index is 2.29. The maximum atomic E-state index is 13.6. The molecule has 1 N–H and O–H groups in total. The summed E-state index contributed by atoms with van der Waals surface area (Å²) in [7, 11) is -6.15. The summed E-state index contributed by atoms with van der Waals surface area (Å²) in [5.74, 6) is 0. The van der Waals surface area contributed by atoms with E-state index in [-0.39, 0.29) is 5.56 Å². The fraction of sp³-hybridized carbons (Fsp3) is 0.231. The fourth-order valence-corrected chi connectivity index (χ4v) is 2.31. The van der Waals surface area contributed by atoms with E-state index in [4.69, 9.17) is 4.55 Å². The van der Waals surface area contributed by atoms with Crippen molar-refractivity contribution in [3.05, 3.63) is 48.0 Å². The molecule has 0 saturated heterocycles. The Kier molecular flexibility index (Phi) is 4.16. The van der Waals surface area contributed by atoms with Crippen molar-refractivity contribution in [2.75, 3.05) is 0 Å². The van der Waals surface area contributed by atoms with Crippen molar-refractivity contribution in [1.29, 1.82) is 0 Å². The topological polar surface area (TPSA) is 63.6 Å². The number of fused-ring (bicyclic) bond motifs is 1. The summed E-state index contributed by atoms with van der Waals surface area (Å²) in [6.45, 7) is -0.985. The Morgan fingerprint density at radius 2 is 1.59 bits per heavy atom. The molecule has 0 bridgehead atoms. The monoisotopic (exact) mass is 338 g/mol. The minimum absolute atomic E-state index is 0.119. The molecule has 0 radical (unpaired) electrons. The van der Waals surface area contributed by atoms with E-state index >= 15 is 0 Å². The van der Waals surface area contributed by atoms with Crippen molar-refractivity contribution in [1.82, 2.24) is 0 Å². The normalized spacial score (nSPS) is 15.7. The summed E-state index contributed by atoms with van der Waals surface area (Å²) in [4.78, 5) is 0. The van der Waals surface area contributed by atoms with Crippen LogP contribution in [0, 0.1) is 0 Å². The third-order valence-electron chi connectivity index (χ3n) is 2.91. The van der Waals surface area contributed by atoms with Crippen molar-refractivity contribution >= 4 is 20.9 Å². The van der Waals surface area contributed by atoms with Crippen LogP contribution >= 0.6 is 0 Å². The first-order chi connectivity index (χ1) is 10.0. The molecule has 4 nitrogen and oxygen atoms in total. The van der Waals surface area contributed by atoms with E-state index < -0.39 is 28.1 Å². The van der Waals surface area contributed by atoms with Crippen molar-refractivity contribution in [2.24, 2.45) is 0 Å². The molecule has 1 unspecified atom stereocenters. The number of rotatable bonds is 4. The van der Waals surface area contributed by atoms with Crippen LogP contribution in [0.25, 0.3) is 10.8 Å². The first kappa shape index (κ1) is 16.7. The molecule has 0 aliphatic carbocycles. The SMILES string of the molecule is O=S(=O)(O)C(F)(OCc1ccc2ccccc2c1)C(F)(F)F. The van der Waals surface area contributed by atoms with Crippen LogP contribution in [0.2, 0.25) is 0 Å². The average molecular weight is 338 g/mol. The number of hydrogen-bond acceptors (Lipinski definition) is 3. The number of hydrogen-bond donors (Lipinski definition) is 1. The van der Waals surface area contributed by atoms with Gasteiger partial charge in [-0.1, -0.05) is 36.4 Å². The van der Waals surface area contributed by atoms with Gasteiger partial charge in [0, 0.05) is 0 Å². The van der Waals surface area contributed by atoms with Gasteiger partial charge in [0.1, 0.15) is 0 Å². The van der Waals surface area contributed by atoms with Crippen LogP contribution in [-0.4, -0.2) is 24.3 Å². The second-order valence-corrected chi connectivity index (χ2v) is 5.95. The van der Waals surface area contributed by atoms with Gasteiger partial charge in [-0.3, -0.25) is 4.55 Å². The average Bonchev–Trinajstić information content (AvgIpc) is 2.42. The molecule has 0 heterocycles. The van der Waals surface area contributed by atoms with E-state index in [1.165, 1.54) is 12.1 Å². The summed E-state index contributed by atoms with van der Waals surface area (Å²) in [6.07, 6.45) is -5.93. The summed E-state index contributed by atoms with van der Waals surface area (Å²) >= 11 is 0. The summed E-state index contributed by atoms with van der Waals surface area (Å²) in [6, 6.07) is 11.2. The molecule has 120 valence electrons. The van der Waals surface area contributed by atoms with Crippen molar-refractivity contribution < 1.29 is 35.3 Å². The Morgan fingerprint density at radius 1 is 1.00 bits per heavy atom. The lowest BCUT2D eigenvalue weighted by Gasteiger charge is -2.24. The first-order valence-electron chi connectivity index (χ1n) is 5.89. The van der Waals surface area contributed by atoms with Gasteiger partial charge >= 0.3 is 21.5 Å². The lowest BCUT2D eigenvalue weighted by Crippen LogP contribution is -2.49. The van der Waals surface area contributed by atoms with Gasteiger partial charge in [0.05, 0.1) is 6.61 Å². The lowest BCUT2D eigenvalue weighted by molar-refractivity contribution is -0.295. The Morgan fingerprint density at radius 3 is 2.14 bits per heavy atom. The van der Waals surface area contributed by atoms with E-state index in [1.807, 2.05) is 0 Å². The van der Waals surface area contributed by atoms with Gasteiger partial charge in [0.2, 0.25) is 0 Å². The van der Waals surface area contributed by atoms with Gasteiger partial charge in [-0.05, 0) is 22.4 Å². The van der Waals surface area contributed by atoms with Crippen LogP contribution in [-0.2, 0) is 21.5 Å². The largest absolute Gasteiger partial charge is 0.467 e. The molecule has 0 aliphatic heterocycles. The molecule has 0 spiro atoms. The molecule has 0 fully saturated rings. The first-order valence-corrected chi connectivity index (χ1v) is 7.33. The van der Waals surface area contributed by atoms with Crippen LogP contribution in [0.15, 0.2) is 42.5 Å². The molecule has 0 aliphatic rings. The minimum Gasteiger partial charge on any atom is -0.320 e. The van der Waals surface area contributed by atoms with Crippen LogP contribution in [0.3, 0.4) is 0 Å². The van der Waals surface area contributed by atoms with E-state index in [9.17, 15) is 26.0 Å². The molecule has 0 amide bonds. The van der Waals surface area contributed by atoms with Gasteiger partial charge in [-0.15, -0.1) is 0 Å². The van der Waals surface area contributed by atoms with Gasteiger partial charge in [-0.2, -0.15) is 26.0 Å². The maximum Gasteiger partial charge on any atom is 0.467 e. The van der Waals surface area contributed by atoms with E-state index in [2.05, 4.69) is 4.74 Å². The molecule has 2 aromatic rings. The van der Waals surface area contributed by atoms with Crippen LogP contribution < -0.4 is 0 Å². The van der Waals surface area contributed by atoms with Gasteiger partial charge in [-0.25, -0.2) is 0 Å². The Hall–Kier alpha value is -1.71. The predicted molar refractivity (Wildman–Crippen MR) is 70.2 cm³/mol. The smallest absolute Gasteiger partial charge is 0.320 e. The predicted octanol–water partition coefficient (Wildman–Crippen LogP) is 3.43.